The topological polar surface area (TPSA) is 94.6 Å². The van der Waals surface area contributed by atoms with Crippen LogP contribution in [-0.2, 0) is 9.59 Å². The fourth-order valence-electron chi connectivity index (χ4n) is 2.58. The summed E-state index contributed by atoms with van der Waals surface area (Å²) in [7, 11) is 0. The molecule has 7 nitrogen and oxygen atoms in total. The molecule has 1 aromatic carbocycles. The van der Waals surface area contributed by atoms with E-state index in [0.29, 0.717) is 23.4 Å². The molecule has 130 valence electrons. The van der Waals surface area contributed by atoms with Crippen LogP contribution in [0, 0.1) is 5.92 Å². The Balaban J connectivity index is 0.00000208. The molecule has 0 radical (unpaired) electrons. The molecule has 0 saturated heterocycles. The first-order valence-corrected chi connectivity index (χ1v) is 7.82. The summed E-state index contributed by atoms with van der Waals surface area (Å²) in [5, 5.41) is 11.8. The fourth-order valence-corrected chi connectivity index (χ4v) is 2.58. The average molecular weight is 443 g/mol. The van der Waals surface area contributed by atoms with E-state index >= 15 is 0 Å². The minimum Gasteiger partial charge on any atom is -0.352 e. The van der Waals surface area contributed by atoms with Crippen molar-refractivity contribution >= 4 is 53.1 Å². The van der Waals surface area contributed by atoms with Gasteiger partial charge in [0, 0.05) is 18.3 Å². The van der Waals surface area contributed by atoms with Crippen molar-refractivity contribution in [1.82, 2.24) is 10.6 Å². The second-order valence-electron chi connectivity index (χ2n) is 5.94. The lowest BCUT2D eigenvalue weighted by Gasteiger charge is -2.12. The number of carbonyl (C=O) groups is 2. The van der Waals surface area contributed by atoms with Crippen LogP contribution in [0.2, 0.25) is 0 Å². The van der Waals surface area contributed by atoms with Crippen molar-refractivity contribution in [3.63, 3.8) is 0 Å². The molecule has 1 aliphatic heterocycles. The number of carbonyl (C=O) groups excluding carboxylic acids is 2. The van der Waals surface area contributed by atoms with Gasteiger partial charge >= 0.3 is 0 Å². The maximum atomic E-state index is 12.0. The van der Waals surface area contributed by atoms with Gasteiger partial charge in [0.1, 0.15) is 0 Å². The van der Waals surface area contributed by atoms with Gasteiger partial charge in [-0.2, -0.15) is 0 Å². The van der Waals surface area contributed by atoms with Crippen LogP contribution < -0.4 is 21.3 Å². The van der Waals surface area contributed by atoms with Gasteiger partial charge < -0.3 is 21.3 Å². The van der Waals surface area contributed by atoms with Gasteiger partial charge in [0.25, 0.3) is 0 Å². The number of hydrogen-bond donors (Lipinski definition) is 4. The molecule has 0 aromatic heterocycles. The van der Waals surface area contributed by atoms with Crippen LogP contribution in [0.3, 0.4) is 0 Å². The SMILES string of the molecule is CC(=O)Nc1cccc(NC(=O)CNC2=NCC(C3CC3)N2)c1.I. The molecule has 0 spiro atoms. The summed E-state index contributed by atoms with van der Waals surface area (Å²) in [4.78, 5) is 27.4. The van der Waals surface area contributed by atoms with Gasteiger partial charge in [0.2, 0.25) is 11.8 Å². The highest BCUT2D eigenvalue weighted by molar-refractivity contribution is 14.0. The van der Waals surface area contributed by atoms with Crippen molar-refractivity contribution < 1.29 is 9.59 Å². The highest BCUT2D eigenvalue weighted by atomic mass is 127. The van der Waals surface area contributed by atoms with Crippen LogP contribution in [0.25, 0.3) is 0 Å². The second kappa shape index (κ2) is 8.32. The molecule has 1 unspecified atom stereocenters. The van der Waals surface area contributed by atoms with E-state index in [1.54, 1.807) is 24.3 Å². The molecular weight excluding hydrogens is 421 g/mol. The molecule has 1 atom stereocenters. The molecule has 3 rings (SSSR count). The Morgan fingerprint density at radius 3 is 2.62 bits per heavy atom. The minimum atomic E-state index is -0.163. The summed E-state index contributed by atoms with van der Waals surface area (Å²) in [6.07, 6.45) is 2.54. The van der Waals surface area contributed by atoms with E-state index in [1.807, 2.05) is 0 Å². The summed E-state index contributed by atoms with van der Waals surface area (Å²) in [6.45, 7) is 2.38. The number of aliphatic imine (C=N–C) groups is 1. The van der Waals surface area contributed by atoms with Gasteiger partial charge in [-0.1, -0.05) is 6.07 Å². The lowest BCUT2D eigenvalue weighted by molar-refractivity contribution is -0.115. The Kier molecular flexibility index (Phi) is 6.41. The molecular formula is C16H22IN5O2. The second-order valence-corrected chi connectivity index (χ2v) is 5.94. The molecule has 2 amide bonds. The van der Waals surface area contributed by atoms with Crippen molar-refractivity contribution in [2.75, 3.05) is 23.7 Å². The molecule has 2 aliphatic rings. The van der Waals surface area contributed by atoms with Crippen LogP contribution in [-0.4, -0.2) is 36.9 Å². The third-order valence-corrected chi connectivity index (χ3v) is 3.84. The van der Waals surface area contributed by atoms with Crippen molar-refractivity contribution in [3.8, 4) is 0 Å². The van der Waals surface area contributed by atoms with Crippen molar-refractivity contribution in [1.29, 1.82) is 0 Å². The smallest absolute Gasteiger partial charge is 0.243 e. The summed E-state index contributed by atoms with van der Waals surface area (Å²) in [5.41, 5.74) is 1.29. The summed E-state index contributed by atoms with van der Waals surface area (Å²) in [5.74, 6) is 1.13. The predicted molar refractivity (Wildman–Crippen MR) is 105 cm³/mol. The van der Waals surface area contributed by atoms with E-state index in [1.165, 1.54) is 19.8 Å². The van der Waals surface area contributed by atoms with Gasteiger partial charge in [0.15, 0.2) is 5.96 Å². The standard InChI is InChI=1S/C16H21N5O2.HI/c1-10(22)19-12-3-2-4-13(7-12)20-15(23)9-18-16-17-8-14(21-16)11-5-6-11;/h2-4,7,11,14H,5-6,8-9H2,1H3,(H,19,22)(H,20,23)(H2,17,18,21);1H. The molecule has 1 heterocycles. The molecule has 1 aromatic rings. The maximum Gasteiger partial charge on any atom is 0.243 e. The lowest BCUT2D eigenvalue weighted by Crippen LogP contribution is -2.42. The van der Waals surface area contributed by atoms with Crippen LogP contribution in [0.15, 0.2) is 29.3 Å². The molecule has 0 bridgehead atoms. The molecule has 8 heteroatoms. The molecule has 4 N–H and O–H groups in total. The highest BCUT2D eigenvalue weighted by Gasteiger charge is 2.34. The first kappa shape index (κ1) is 18.5. The summed E-state index contributed by atoms with van der Waals surface area (Å²) >= 11 is 0. The van der Waals surface area contributed by atoms with E-state index in [-0.39, 0.29) is 42.3 Å². The van der Waals surface area contributed by atoms with E-state index in [2.05, 4.69) is 26.3 Å². The first-order valence-electron chi connectivity index (χ1n) is 7.82. The van der Waals surface area contributed by atoms with Gasteiger partial charge in [-0.15, -0.1) is 24.0 Å². The zero-order chi connectivity index (χ0) is 16.2. The number of rotatable bonds is 5. The number of nitrogens with one attached hydrogen (secondary N) is 4. The number of benzene rings is 1. The highest BCUT2D eigenvalue weighted by Crippen LogP contribution is 2.33. The molecule has 1 fully saturated rings. The Labute approximate surface area is 158 Å². The average Bonchev–Trinajstić information content (AvgIpc) is 3.24. The number of guanidine groups is 1. The molecule has 24 heavy (non-hydrogen) atoms. The van der Waals surface area contributed by atoms with E-state index in [0.717, 1.165) is 12.5 Å². The molecule has 1 aliphatic carbocycles. The Morgan fingerprint density at radius 2 is 1.96 bits per heavy atom. The summed E-state index contributed by atoms with van der Waals surface area (Å²) in [6, 6.07) is 7.46. The van der Waals surface area contributed by atoms with Gasteiger partial charge in [-0.05, 0) is 37.0 Å². The Morgan fingerprint density at radius 1 is 1.25 bits per heavy atom. The number of hydrogen-bond acceptors (Lipinski definition) is 5. The van der Waals surface area contributed by atoms with Crippen LogP contribution in [0.5, 0.6) is 0 Å². The van der Waals surface area contributed by atoms with Crippen molar-refractivity contribution in [2.24, 2.45) is 10.9 Å². The van der Waals surface area contributed by atoms with E-state index in [4.69, 9.17) is 0 Å². The Hall–Kier alpha value is -1.84. The number of amides is 2. The normalized spacial score (nSPS) is 18.7. The third-order valence-electron chi connectivity index (χ3n) is 3.84. The van der Waals surface area contributed by atoms with Crippen LogP contribution in [0.1, 0.15) is 19.8 Å². The van der Waals surface area contributed by atoms with Crippen molar-refractivity contribution in [3.05, 3.63) is 24.3 Å². The Bertz CT molecular complexity index is 645. The van der Waals surface area contributed by atoms with Gasteiger partial charge in [-0.3, -0.25) is 14.6 Å². The third kappa shape index (κ3) is 5.36. The van der Waals surface area contributed by atoms with Crippen LogP contribution in [0.4, 0.5) is 11.4 Å². The predicted octanol–water partition coefficient (Wildman–Crippen LogP) is 1.53. The largest absolute Gasteiger partial charge is 0.352 e. The maximum absolute atomic E-state index is 12.0. The zero-order valence-corrected chi connectivity index (χ0v) is 15.8. The first-order chi connectivity index (χ1) is 11.1. The lowest BCUT2D eigenvalue weighted by atomic mass is 10.2. The number of halogens is 1. The number of anilines is 2. The van der Waals surface area contributed by atoms with Crippen LogP contribution >= 0.6 is 24.0 Å². The summed E-state index contributed by atoms with van der Waals surface area (Å²) < 4.78 is 0. The minimum absolute atomic E-state index is 0. The zero-order valence-electron chi connectivity index (χ0n) is 13.5. The quantitative estimate of drug-likeness (QED) is 0.520. The van der Waals surface area contributed by atoms with Crippen molar-refractivity contribution in [2.45, 2.75) is 25.8 Å². The van der Waals surface area contributed by atoms with Gasteiger partial charge in [-0.25, -0.2) is 0 Å². The van der Waals surface area contributed by atoms with E-state index in [9.17, 15) is 9.59 Å². The fraction of sp³-hybridized carbons (Fsp3) is 0.438. The van der Waals surface area contributed by atoms with E-state index < -0.39 is 0 Å². The molecule has 1 saturated carbocycles. The number of nitrogens with zero attached hydrogens (tertiary/aromatic N) is 1. The monoisotopic (exact) mass is 443 g/mol. The van der Waals surface area contributed by atoms with Gasteiger partial charge in [0.05, 0.1) is 19.1 Å².